The minimum atomic E-state index is -1.40. The van der Waals surface area contributed by atoms with Crippen LogP contribution in [0.5, 0.6) is 0 Å². The van der Waals surface area contributed by atoms with E-state index in [1.807, 2.05) is 50.2 Å². The van der Waals surface area contributed by atoms with E-state index in [1.54, 1.807) is 50.3 Å². The van der Waals surface area contributed by atoms with Crippen LogP contribution >= 0.6 is 0 Å². The van der Waals surface area contributed by atoms with Crippen molar-refractivity contribution >= 4 is 81.1 Å². The predicted octanol–water partition coefficient (Wildman–Crippen LogP) is 8.44. The van der Waals surface area contributed by atoms with Crippen molar-refractivity contribution in [1.82, 2.24) is 19.9 Å². The van der Waals surface area contributed by atoms with Gasteiger partial charge in [-0.15, -0.1) is 22.1 Å². The van der Waals surface area contributed by atoms with Crippen molar-refractivity contribution < 1.29 is 58.3 Å². The molecule has 15 heteroatoms. The van der Waals surface area contributed by atoms with Gasteiger partial charge >= 0.3 is 43.4 Å². The van der Waals surface area contributed by atoms with Crippen molar-refractivity contribution in [3.8, 4) is 22.3 Å². The molecular weight excluding hydrogens is 854 g/mol. The number of rotatable bonds is 14. The molecule has 0 amide bonds. The van der Waals surface area contributed by atoms with Gasteiger partial charge < -0.3 is 39.5 Å². The number of carbonyl (C=O) groups is 4. The Balaban J connectivity index is 0.00000661. The van der Waals surface area contributed by atoms with Crippen molar-refractivity contribution in [2.45, 2.75) is 41.5 Å². The van der Waals surface area contributed by atoms with Gasteiger partial charge in [0.25, 0.3) is 0 Å². The molecule has 8 bridgehead atoms. The zero-order valence-corrected chi connectivity index (χ0v) is 39.0. The van der Waals surface area contributed by atoms with Crippen LogP contribution in [0.1, 0.15) is 95.4 Å². The van der Waals surface area contributed by atoms with Crippen LogP contribution in [0.3, 0.4) is 0 Å². The summed E-state index contributed by atoms with van der Waals surface area (Å²) in [6.07, 6.45) is 4.61. The smallest absolute Gasteiger partial charge is 0.657 e. The van der Waals surface area contributed by atoms with Gasteiger partial charge in [-0.2, -0.15) is 0 Å². The van der Waals surface area contributed by atoms with Crippen molar-refractivity contribution in [3.63, 3.8) is 0 Å². The van der Waals surface area contributed by atoms with Crippen LogP contribution in [0.2, 0.25) is 0 Å². The molecule has 0 aliphatic carbocycles. The molecule has 0 fully saturated rings. The molecule has 3 aromatic heterocycles. The van der Waals surface area contributed by atoms with Crippen LogP contribution in [0.4, 0.5) is 11.4 Å². The van der Waals surface area contributed by atoms with Gasteiger partial charge in [-0.1, -0.05) is 42.5 Å². The second-order valence-electron chi connectivity index (χ2n) is 14.2. The van der Waals surface area contributed by atoms with Gasteiger partial charge in [-0.3, -0.25) is 0 Å². The van der Waals surface area contributed by atoms with E-state index < -0.39 is 23.9 Å². The standard InChI is InChI=1S/C48H48N6O8.Zn/c1-7-53(8-2)29-17-13-27(14-18-29)39-33-21-23-35(49-33)41(47(59)61-11-5)37-25-31(45(55)56)43(51-37)40(28-15-19-30(20-16-28)54(9-3)10-4)44-32(46(57)58)26-38(52-44)42(48(60)62-12-6)36-24-22-34(39)50-36;/h13-26H,7-12H2,1-6H3,(H4,49,50,51,52,55,56,57,58,59,60);/q;+2/p-2. The molecule has 0 atom stereocenters. The Kier molecular flexibility index (Phi) is 14.1. The monoisotopic (exact) mass is 898 g/mol. The van der Waals surface area contributed by atoms with Crippen molar-refractivity contribution in [2.24, 2.45) is 0 Å². The number of ether oxygens (including phenoxy) is 2. The SMILES string of the molecule is CCOC(=O)c1c2nc(c(-c3ccc(N(CC)CC)cc3)c3[n-]c(cc3C(=O)O)c(C(=O)OCC)c3nc(c(-c4ccc(N(CC)CC)cc4)c4ccc1[n-]4)C=C3)C(C(=O)O)=C2.[Zn+2]. The van der Waals surface area contributed by atoms with E-state index in [4.69, 9.17) is 29.4 Å². The summed E-state index contributed by atoms with van der Waals surface area (Å²) < 4.78 is 11.1. The number of esters is 2. The number of nitrogens with zero attached hydrogens (tertiary/aromatic N) is 6. The van der Waals surface area contributed by atoms with Crippen LogP contribution in [-0.4, -0.2) is 83.5 Å². The number of aromatic carboxylic acids is 1. The molecule has 7 rings (SSSR count). The largest absolute Gasteiger partial charge is 2.00 e. The number of aliphatic carboxylic acids is 1. The minimum absolute atomic E-state index is 0. The van der Waals surface area contributed by atoms with Crippen molar-refractivity contribution in [2.75, 3.05) is 49.2 Å². The Morgan fingerprint density at radius 3 is 1.60 bits per heavy atom. The van der Waals surface area contributed by atoms with E-state index in [1.165, 1.54) is 12.1 Å². The van der Waals surface area contributed by atoms with E-state index in [0.717, 1.165) is 43.1 Å². The molecule has 2 aliphatic heterocycles. The summed E-state index contributed by atoms with van der Waals surface area (Å²) in [6, 6.07) is 19.6. The van der Waals surface area contributed by atoms with E-state index in [0.29, 0.717) is 22.3 Å². The molecule has 2 N–H and O–H groups in total. The van der Waals surface area contributed by atoms with Gasteiger partial charge in [0.1, 0.15) is 0 Å². The molecule has 0 saturated heterocycles. The molecule has 0 saturated carbocycles. The van der Waals surface area contributed by atoms with E-state index >= 15 is 0 Å². The summed E-state index contributed by atoms with van der Waals surface area (Å²) in [4.78, 5) is 78.3. The molecule has 0 radical (unpaired) electrons. The number of aromatic nitrogens is 4. The molecule has 0 spiro atoms. The number of hydrogen-bond donors (Lipinski definition) is 2. The first-order valence-corrected chi connectivity index (χ1v) is 20.6. The quantitative estimate of drug-likeness (QED) is 0.0783. The number of carbonyl (C=O) groups excluding carboxylic acids is 2. The summed E-state index contributed by atoms with van der Waals surface area (Å²) in [5, 5.41) is 21.5. The third-order valence-corrected chi connectivity index (χ3v) is 10.8. The number of hydrogen-bond acceptors (Lipinski definition) is 10. The number of carboxylic acids is 2. The summed E-state index contributed by atoms with van der Waals surface area (Å²) in [5.74, 6) is -4.38. The molecule has 14 nitrogen and oxygen atoms in total. The van der Waals surface area contributed by atoms with Crippen LogP contribution in [-0.2, 0) is 33.7 Å². The number of carboxylic acid groups (broad SMARTS) is 2. The van der Waals surface area contributed by atoms with Crippen molar-refractivity contribution in [3.05, 3.63) is 106 Å². The van der Waals surface area contributed by atoms with Crippen LogP contribution in [0, 0.1) is 0 Å². The van der Waals surface area contributed by atoms with Crippen LogP contribution < -0.4 is 19.8 Å². The first-order valence-electron chi connectivity index (χ1n) is 20.6. The average Bonchev–Trinajstić information content (AvgIpc) is 4.09. The summed E-state index contributed by atoms with van der Waals surface area (Å²) >= 11 is 0. The van der Waals surface area contributed by atoms with Crippen molar-refractivity contribution in [1.29, 1.82) is 0 Å². The Hall–Kier alpha value is -6.86. The Labute approximate surface area is 377 Å². The normalized spacial score (nSPS) is 11.7. The zero-order valence-electron chi connectivity index (χ0n) is 36.1. The Bertz CT molecular complexity index is 2820. The summed E-state index contributed by atoms with van der Waals surface area (Å²) in [7, 11) is 0. The molecule has 318 valence electrons. The first kappa shape index (κ1) is 45.7. The molecule has 2 aromatic carbocycles. The van der Waals surface area contributed by atoms with Gasteiger partial charge in [0.05, 0.1) is 52.7 Å². The zero-order chi connectivity index (χ0) is 44.2. The second-order valence-corrected chi connectivity index (χ2v) is 14.2. The van der Waals surface area contributed by atoms with Gasteiger partial charge in [-0.25, -0.2) is 29.1 Å². The van der Waals surface area contributed by atoms with Gasteiger partial charge in [0.15, 0.2) is 0 Å². The fraction of sp³-hybridized carbons (Fsp3) is 0.250. The first-order chi connectivity index (χ1) is 30.0. The molecule has 5 heterocycles. The molecular formula is C48H46N6O8Zn. The minimum Gasteiger partial charge on any atom is -0.657 e. The van der Waals surface area contributed by atoms with Crippen LogP contribution in [0.15, 0.2) is 66.7 Å². The Morgan fingerprint density at radius 1 is 0.587 bits per heavy atom. The molecule has 63 heavy (non-hydrogen) atoms. The average molecular weight is 900 g/mol. The predicted molar refractivity (Wildman–Crippen MR) is 240 cm³/mol. The van der Waals surface area contributed by atoms with E-state index in [9.17, 15) is 29.4 Å². The maximum atomic E-state index is 14.0. The fourth-order valence-corrected chi connectivity index (χ4v) is 7.84. The fourth-order valence-electron chi connectivity index (χ4n) is 7.84. The van der Waals surface area contributed by atoms with Crippen LogP contribution in [0.25, 0.3) is 68.1 Å². The maximum Gasteiger partial charge on any atom is 2.00 e. The summed E-state index contributed by atoms with van der Waals surface area (Å²) in [5.41, 5.74) is 3.39. The molecule has 5 aromatic rings. The topological polar surface area (TPSA) is 188 Å². The number of anilines is 2. The third-order valence-electron chi connectivity index (χ3n) is 10.8. The molecule has 2 aliphatic rings. The van der Waals surface area contributed by atoms with E-state index in [-0.39, 0.29) is 94.2 Å². The van der Waals surface area contributed by atoms with E-state index in [2.05, 4.69) is 23.6 Å². The van der Waals surface area contributed by atoms with Gasteiger partial charge in [0, 0.05) is 43.1 Å². The summed E-state index contributed by atoms with van der Waals surface area (Å²) in [6.45, 7) is 14.5. The van der Waals surface area contributed by atoms with Gasteiger partial charge in [-0.05, 0) is 106 Å². The molecule has 0 unspecified atom stereocenters. The van der Waals surface area contributed by atoms with Gasteiger partial charge in [0.2, 0.25) is 0 Å². The third kappa shape index (κ3) is 8.79. The second kappa shape index (κ2) is 19.5. The Morgan fingerprint density at radius 2 is 1.10 bits per heavy atom. The maximum absolute atomic E-state index is 14.0. The number of fused-ring (bicyclic) bond motifs is 8. The number of benzene rings is 2.